The van der Waals surface area contributed by atoms with Crippen molar-refractivity contribution in [2.45, 2.75) is 18.3 Å². The molecule has 0 amide bonds. The lowest BCUT2D eigenvalue weighted by Crippen LogP contribution is -2.32. The number of rotatable bonds is 4. The van der Waals surface area contributed by atoms with E-state index in [0.29, 0.717) is 0 Å². The van der Waals surface area contributed by atoms with Gasteiger partial charge < -0.3 is 19.8 Å². The van der Waals surface area contributed by atoms with E-state index < -0.39 is 26.1 Å². The van der Waals surface area contributed by atoms with Crippen molar-refractivity contribution in [2.24, 2.45) is 0 Å². The molecular weight excluding hydrogens is 215 g/mol. The molecule has 0 saturated carbocycles. The van der Waals surface area contributed by atoms with Gasteiger partial charge in [-0.25, -0.2) is 4.57 Å². The van der Waals surface area contributed by atoms with Crippen molar-refractivity contribution in [3.8, 4) is 0 Å². The van der Waals surface area contributed by atoms with E-state index in [1.54, 1.807) is 0 Å². The topological polar surface area (TPSA) is 105 Å². The Bertz CT molecular complexity index is 232. The van der Waals surface area contributed by atoms with Crippen molar-refractivity contribution < 1.29 is 33.5 Å². The van der Waals surface area contributed by atoms with Gasteiger partial charge in [0.25, 0.3) is 0 Å². The average Bonchev–Trinajstić information content (AvgIpc) is 2.45. The van der Waals surface area contributed by atoms with Gasteiger partial charge in [0.1, 0.15) is 18.3 Å². The summed E-state index contributed by atoms with van der Waals surface area (Å²) in [7, 11) is -3.02. The van der Waals surface area contributed by atoms with Crippen LogP contribution in [0.25, 0.3) is 0 Å². The molecule has 0 aromatic carbocycles. The van der Waals surface area contributed by atoms with Crippen LogP contribution in [0, 0.1) is 0 Å². The number of hydrogen-bond acceptors (Lipinski definition) is 6. The predicted molar refractivity (Wildman–Crippen MR) is 44.5 cm³/mol. The van der Waals surface area contributed by atoms with Gasteiger partial charge >= 0.3 is 7.82 Å². The molecule has 0 spiro atoms. The second-order valence-corrected chi connectivity index (χ2v) is 4.44. The molecule has 1 saturated heterocycles. The zero-order valence-corrected chi connectivity index (χ0v) is 8.46. The van der Waals surface area contributed by atoms with Crippen molar-refractivity contribution in [3.05, 3.63) is 0 Å². The van der Waals surface area contributed by atoms with Gasteiger partial charge in [-0.3, -0.25) is 9.05 Å². The highest BCUT2D eigenvalue weighted by molar-refractivity contribution is 7.47. The molecule has 1 unspecified atom stereocenters. The first-order chi connectivity index (χ1) is 6.46. The summed E-state index contributed by atoms with van der Waals surface area (Å²) in [6.45, 7) is -0.322. The third-order valence-electron chi connectivity index (χ3n) is 1.89. The first-order valence-electron chi connectivity index (χ1n) is 3.97. The quantitative estimate of drug-likeness (QED) is 0.523. The van der Waals surface area contributed by atoms with Crippen molar-refractivity contribution >= 4 is 7.82 Å². The molecule has 0 aromatic rings. The van der Waals surface area contributed by atoms with Gasteiger partial charge in [0.05, 0.1) is 13.2 Å². The summed E-state index contributed by atoms with van der Waals surface area (Å²) < 4.78 is 24.4. The van der Waals surface area contributed by atoms with E-state index in [1.807, 2.05) is 0 Å². The third kappa shape index (κ3) is 2.99. The summed E-state index contributed by atoms with van der Waals surface area (Å²) >= 11 is 0. The zero-order chi connectivity index (χ0) is 10.8. The lowest BCUT2D eigenvalue weighted by atomic mass is 10.2. The minimum Gasteiger partial charge on any atom is -0.388 e. The molecule has 14 heavy (non-hydrogen) atoms. The van der Waals surface area contributed by atoms with Crippen LogP contribution < -0.4 is 0 Å². The number of ether oxygens (including phenoxy) is 1. The van der Waals surface area contributed by atoms with Gasteiger partial charge in [0.15, 0.2) is 0 Å². The van der Waals surface area contributed by atoms with Gasteiger partial charge in [-0.2, -0.15) is 0 Å². The second-order valence-electron chi connectivity index (χ2n) is 2.88. The fourth-order valence-electron chi connectivity index (χ4n) is 1.03. The van der Waals surface area contributed by atoms with E-state index in [9.17, 15) is 9.67 Å². The lowest BCUT2D eigenvalue weighted by molar-refractivity contribution is -0.00713. The van der Waals surface area contributed by atoms with Gasteiger partial charge in [-0.15, -0.1) is 0 Å². The molecule has 0 aromatic heterocycles. The van der Waals surface area contributed by atoms with Crippen molar-refractivity contribution in [1.29, 1.82) is 0 Å². The van der Waals surface area contributed by atoms with Crippen molar-refractivity contribution in [3.63, 3.8) is 0 Å². The minimum atomic E-state index is -4.04. The molecule has 3 N–H and O–H groups in total. The highest BCUT2D eigenvalue weighted by Gasteiger charge is 2.36. The number of hydrogen-bond donors (Lipinski definition) is 3. The van der Waals surface area contributed by atoms with Gasteiger partial charge in [-0.05, 0) is 0 Å². The normalized spacial score (nSPS) is 37.0. The zero-order valence-electron chi connectivity index (χ0n) is 7.57. The Hall–Kier alpha value is -0.0100. The highest BCUT2D eigenvalue weighted by atomic mass is 31.2. The Morgan fingerprint density at radius 3 is 2.64 bits per heavy atom. The SMILES string of the molecule is COP(=O)(O)OC[C@H]1OC[C@H](O)[C@@H]1O. The fraction of sp³-hybridized carbons (Fsp3) is 1.00. The van der Waals surface area contributed by atoms with E-state index in [-0.39, 0.29) is 13.2 Å². The summed E-state index contributed by atoms with van der Waals surface area (Å²) in [5.74, 6) is 0. The number of aliphatic hydroxyl groups excluding tert-OH is 2. The summed E-state index contributed by atoms with van der Waals surface area (Å²) in [5.41, 5.74) is 0. The Morgan fingerprint density at radius 2 is 2.21 bits per heavy atom. The molecule has 0 radical (unpaired) electrons. The smallest absolute Gasteiger partial charge is 0.388 e. The minimum absolute atomic E-state index is 0.0160. The van der Waals surface area contributed by atoms with Crippen LogP contribution >= 0.6 is 7.82 Å². The second kappa shape index (κ2) is 4.67. The third-order valence-corrected chi connectivity index (χ3v) is 2.83. The van der Waals surface area contributed by atoms with Crippen LogP contribution in [0.4, 0.5) is 0 Å². The molecule has 7 nitrogen and oxygen atoms in total. The predicted octanol–water partition coefficient (Wildman–Crippen LogP) is -1.13. The molecular formula is C6H13O7P. The van der Waals surface area contributed by atoms with E-state index in [2.05, 4.69) is 9.05 Å². The van der Waals surface area contributed by atoms with Gasteiger partial charge in [-0.1, -0.05) is 0 Å². The van der Waals surface area contributed by atoms with Crippen LogP contribution in [0.3, 0.4) is 0 Å². The number of aliphatic hydroxyl groups is 2. The lowest BCUT2D eigenvalue weighted by Gasteiger charge is -2.16. The van der Waals surface area contributed by atoms with Crippen LogP contribution in [0.2, 0.25) is 0 Å². The van der Waals surface area contributed by atoms with Crippen LogP contribution in [-0.2, 0) is 18.3 Å². The Morgan fingerprint density at radius 1 is 1.57 bits per heavy atom. The van der Waals surface area contributed by atoms with Crippen LogP contribution in [0.15, 0.2) is 0 Å². The summed E-state index contributed by atoms with van der Waals surface area (Å²) in [5, 5.41) is 18.3. The van der Waals surface area contributed by atoms with Crippen LogP contribution in [0.1, 0.15) is 0 Å². The van der Waals surface area contributed by atoms with E-state index in [4.69, 9.17) is 14.7 Å². The average molecular weight is 228 g/mol. The molecule has 4 atom stereocenters. The standard InChI is InChI=1S/C6H13O7P/c1-11-14(9,10)13-3-5-6(8)4(7)2-12-5/h4-8H,2-3H2,1H3,(H,9,10)/t4-,5+,6-/m0/s1. The molecule has 0 aliphatic carbocycles. The number of phosphoric acid groups is 1. The van der Waals surface area contributed by atoms with Crippen LogP contribution in [0.5, 0.6) is 0 Å². The summed E-state index contributed by atoms with van der Waals surface area (Å²) in [6, 6.07) is 0. The Labute approximate surface area is 80.8 Å². The first-order valence-corrected chi connectivity index (χ1v) is 5.46. The van der Waals surface area contributed by atoms with E-state index in [0.717, 1.165) is 7.11 Å². The molecule has 1 rings (SSSR count). The molecule has 1 aliphatic heterocycles. The Balaban J connectivity index is 2.36. The maximum absolute atomic E-state index is 10.8. The highest BCUT2D eigenvalue weighted by Crippen LogP contribution is 2.42. The molecule has 1 fully saturated rings. The monoisotopic (exact) mass is 228 g/mol. The number of phosphoric ester groups is 1. The van der Waals surface area contributed by atoms with E-state index >= 15 is 0 Å². The van der Waals surface area contributed by atoms with E-state index in [1.165, 1.54) is 0 Å². The summed E-state index contributed by atoms with van der Waals surface area (Å²) in [6.07, 6.45) is -2.89. The van der Waals surface area contributed by atoms with Gasteiger partial charge in [0.2, 0.25) is 0 Å². The molecule has 1 heterocycles. The maximum atomic E-state index is 10.8. The van der Waals surface area contributed by atoms with Crippen molar-refractivity contribution in [1.82, 2.24) is 0 Å². The van der Waals surface area contributed by atoms with Crippen LogP contribution in [-0.4, -0.2) is 53.7 Å². The first kappa shape index (κ1) is 12.1. The maximum Gasteiger partial charge on any atom is 0.472 e. The molecule has 84 valence electrons. The largest absolute Gasteiger partial charge is 0.472 e. The molecule has 0 bridgehead atoms. The fourth-order valence-corrected chi connectivity index (χ4v) is 1.47. The molecule has 8 heteroatoms. The van der Waals surface area contributed by atoms with Crippen molar-refractivity contribution in [2.75, 3.05) is 20.3 Å². The van der Waals surface area contributed by atoms with Gasteiger partial charge in [0, 0.05) is 7.11 Å². The Kier molecular flexibility index (Phi) is 4.03. The molecule has 1 aliphatic rings. The summed E-state index contributed by atoms with van der Waals surface area (Å²) in [4.78, 5) is 8.85.